The van der Waals surface area contributed by atoms with E-state index >= 15 is 0 Å². The SMILES string of the molecule is COc1ccc2ncnc(Nc3cccc(C(F)(F)F)c3)c2c1. The largest absolute Gasteiger partial charge is 0.497 e. The molecule has 0 radical (unpaired) electrons. The second-order valence-corrected chi connectivity index (χ2v) is 4.81. The lowest BCUT2D eigenvalue weighted by atomic mass is 10.2. The number of aromatic nitrogens is 2. The van der Waals surface area contributed by atoms with E-state index in [1.807, 2.05) is 0 Å². The van der Waals surface area contributed by atoms with Crippen LogP contribution in [-0.2, 0) is 6.18 Å². The lowest BCUT2D eigenvalue weighted by molar-refractivity contribution is -0.137. The van der Waals surface area contributed by atoms with Gasteiger partial charge in [0.15, 0.2) is 0 Å². The minimum Gasteiger partial charge on any atom is -0.497 e. The average Bonchev–Trinajstić information content (AvgIpc) is 2.54. The maximum atomic E-state index is 12.8. The van der Waals surface area contributed by atoms with Crippen molar-refractivity contribution in [3.63, 3.8) is 0 Å². The molecule has 0 saturated heterocycles. The molecule has 4 nitrogen and oxygen atoms in total. The fourth-order valence-corrected chi connectivity index (χ4v) is 2.17. The zero-order valence-corrected chi connectivity index (χ0v) is 12.1. The number of nitrogens with zero attached hydrogens (tertiary/aromatic N) is 2. The Morgan fingerprint density at radius 1 is 1.04 bits per heavy atom. The van der Waals surface area contributed by atoms with Crippen molar-refractivity contribution in [3.05, 3.63) is 54.4 Å². The number of hydrogen-bond donors (Lipinski definition) is 1. The first-order chi connectivity index (χ1) is 11.0. The van der Waals surface area contributed by atoms with Crippen LogP contribution in [0.1, 0.15) is 5.56 Å². The topological polar surface area (TPSA) is 47.0 Å². The molecule has 0 fully saturated rings. The first-order valence-corrected chi connectivity index (χ1v) is 6.70. The van der Waals surface area contributed by atoms with E-state index < -0.39 is 11.7 Å². The van der Waals surface area contributed by atoms with E-state index in [9.17, 15) is 13.2 Å². The van der Waals surface area contributed by atoms with Crippen molar-refractivity contribution in [2.45, 2.75) is 6.18 Å². The van der Waals surface area contributed by atoms with Gasteiger partial charge >= 0.3 is 6.18 Å². The van der Waals surface area contributed by atoms with Crippen molar-refractivity contribution >= 4 is 22.4 Å². The Hall–Kier alpha value is -2.83. The fourth-order valence-electron chi connectivity index (χ4n) is 2.17. The number of rotatable bonds is 3. The molecule has 1 aromatic heterocycles. The number of anilines is 2. The number of fused-ring (bicyclic) bond motifs is 1. The molecule has 7 heteroatoms. The van der Waals surface area contributed by atoms with Crippen LogP contribution in [0.15, 0.2) is 48.8 Å². The summed E-state index contributed by atoms with van der Waals surface area (Å²) in [7, 11) is 1.53. The number of alkyl halides is 3. The van der Waals surface area contributed by atoms with Crippen molar-refractivity contribution in [3.8, 4) is 5.75 Å². The highest BCUT2D eigenvalue weighted by atomic mass is 19.4. The van der Waals surface area contributed by atoms with Gasteiger partial charge in [-0.1, -0.05) is 6.07 Å². The number of nitrogens with one attached hydrogen (secondary N) is 1. The Morgan fingerprint density at radius 2 is 1.87 bits per heavy atom. The minimum atomic E-state index is -4.39. The van der Waals surface area contributed by atoms with Crippen LogP contribution in [0.5, 0.6) is 5.75 Å². The molecule has 118 valence electrons. The quantitative estimate of drug-likeness (QED) is 0.777. The summed E-state index contributed by atoms with van der Waals surface area (Å²) in [5.41, 5.74) is 0.233. The van der Waals surface area contributed by atoms with Gasteiger partial charge in [0.1, 0.15) is 17.9 Å². The second kappa shape index (κ2) is 5.75. The van der Waals surface area contributed by atoms with Crippen molar-refractivity contribution in [2.75, 3.05) is 12.4 Å². The standard InChI is InChI=1S/C16H12F3N3O/c1-23-12-5-6-14-13(8-12)15(21-9-20-14)22-11-4-2-3-10(7-11)16(17,18)19/h2-9H,1H3,(H,20,21,22). The fraction of sp³-hybridized carbons (Fsp3) is 0.125. The smallest absolute Gasteiger partial charge is 0.416 e. The molecule has 1 N–H and O–H groups in total. The van der Waals surface area contributed by atoms with Gasteiger partial charge in [-0.3, -0.25) is 0 Å². The Morgan fingerprint density at radius 3 is 2.61 bits per heavy atom. The normalized spacial score (nSPS) is 11.5. The molecule has 0 saturated carbocycles. The van der Waals surface area contributed by atoms with Crippen molar-refractivity contribution in [1.29, 1.82) is 0 Å². The van der Waals surface area contributed by atoms with E-state index in [0.29, 0.717) is 28.2 Å². The van der Waals surface area contributed by atoms with Crippen LogP contribution < -0.4 is 10.1 Å². The first kappa shape index (κ1) is 15.1. The van der Waals surface area contributed by atoms with Crippen LogP contribution in [0.25, 0.3) is 10.9 Å². The molecule has 3 rings (SSSR count). The molecule has 1 heterocycles. The summed E-state index contributed by atoms with van der Waals surface area (Å²) in [5.74, 6) is 1.02. The van der Waals surface area contributed by atoms with E-state index in [0.717, 1.165) is 12.1 Å². The zero-order chi connectivity index (χ0) is 16.4. The number of ether oxygens (including phenoxy) is 1. The summed E-state index contributed by atoms with van der Waals surface area (Å²) < 4.78 is 43.5. The van der Waals surface area contributed by atoms with Crippen LogP contribution in [0.2, 0.25) is 0 Å². The highest BCUT2D eigenvalue weighted by molar-refractivity contribution is 5.91. The summed E-state index contributed by atoms with van der Waals surface area (Å²) in [5, 5.41) is 3.56. The van der Waals surface area contributed by atoms with Crippen LogP contribution in [-0.4, -0.2) is 17.1 Å². The molecule has 3 aromatic rings. The number of halogens is 3. The summed E-state index contributed by atoms with van der Waals surface area (Å²) in [6.45, 7) is 0. The molecular weight excluding hydrogens is 307 g/mol. The van der Waals surface area contributed by atoms with Gasteiger partial charge in [0.05, 0.1) is 18.2 Å². The van der Waals surface area contributed by atoms with Crippen LogP contribution in [0.4, 0.5) is 24.7 Å². The van der Waals surface area contributed by atoms with Gasteiger partial charge < -0.3 is 10.1 Å². The van der Waals surface area contributed by atoms with Crippen molar-refractivity contribution in [2.24, 2.45) is 0 Å². The molecule has 0 aliphatic rings. The molecular formula is C16H12F3N3O. The zero-order valence-electron chi connectivity index (χ0n) is 12.1. The number of hydrogen-bond acceptors (Lipinski definition) is 4. The highest BCUT2D eigenvalue weighted by Gasteiger charge is 2.30. The Kier molecular flexibility index (Phi) is 3.77. The van der Waals surface area contributed by atoms with Gasteiger partial charge in [-0.05, 0) is 36.4 Å². The third-order valence-corrected chi connectivity index (χ3v) is 3.30. The van der Waals surface area contributed by atoms with Crippen LogP contribution in [0, 0.1) is 0 Å². The maximum absolute atomic E-state index is 12.8. The van der Waals surface area contributed by atoms with E-state index in [2.05, 4.69) is 15.3 Å². The molecule has 0 atom stereocenters. The molecule has 0 aliphatic heterocycles. The van der Waals surface area contributed by atoms with Crippen LogP contribution >= 0.6 is 0 Å². The minimum absolute atomic E-state index is 0.294. The third kappa shape index (κ3) is 3.18. The Balaban J connectivity index is 2.02. The Bertz CT molecular complexity index is 849. The van der Waals surface area contributed by atoms with E-state index in [1.165, 1.54) is 19.5 Å². The summed E-state index contributed by atoms with van der Waals surface area (Å²) in [6.07, 6.45) is -3.04. The van der Waals surface area contributed by atoms with E-state index in [1.54, 1.807) is 24.3 Å². The Labute approximate surface area is 129 Å². The molecule has 0 spiro atoms. The molecule has 0 amide bonds. The molecule has 0 bridgehead atoms. The first-order valence-electron chi connectivity index (χ1n) is 6.70. The molecule has 23 heavy (non-hydrogen) atoms. The predicted octanol–water partition coefficient (Wildman–Crippen LogP) is 4.40. The van der Waals surface area contributed by atoms with Gasteiger partial charge in [0, 0.05) is 11.1 Å². The third-order valence-electron chi connectivity index (χ3n) is 3.30. The van der Waals surface area contributed by atoms with Gasteiger partial charge in [0.2, 0.25) is 0 Å². The predicted molar refractivity (Wildman–Crippen MR) is 80.8 cm³/mol. The second-order valence-electron chi connectivity index (χ2n) is 4.81. The van der Waals surface area contributed by atoms with Crippen molar-refractivity contribution in [1.82, 2.24) is 9.97 Å². The maximum Gasteiger partial charge on any atom is 0.416 e. The van der Waals surface area contributed by atoms with Gasteiger partial charge in [-0.2, -0.15) is 13.2 Å². The van der Waals surface area contributed by atoms with Gasteiger partial charge in [-0.15, -0.1) is 0 Å². The summed E-state index contributed by atoms with van der Waals surface area (Å²) in [4.78, 5) is 8.24. The molecule has 0 aliphatic carbocycles. The van der Waals surface area contributed by atoms with Crippen molar-refractivity contribution < 1.29 is 17.9 Å². The van der Waals surface area contributed by atoms with Crippen LogP contribution in [0.3, 0.4) is 0 Å². The number of benzene rings is 2. The van der Waals surface area contributed by atoms with Gasteiger partial charge in [-0.25, -0.2) is 9.97 Å². The lowest BCUT2D eigenvalue weighted by Gasteiger charge is -2.12. The summed E-state index contributed by atoms with van der Waals surface area (Å²) in [6, 6.07) is 10.2. The lowest BCUT2D eigenvalue weighted by Crippen LogP contribution is -2.05. The summed E-state index contributed by atoms with van der Waals surface area (Å²) >= 11 is 0. The monoisotopic (exact) mass is 319 g/mol. The molecule has 2 aromatic carbocycles. The highest BCUT2D eigenvalue weighted by Crippen LogP contribution is 2.32. The van der Waals surface area contributed by atoms with E-state index in [-0.39, 0.29) is 0 Å². The average molecular weight is 319 g/mol. The van der Waals surface area contributed by atoms with Gasteiger partial charge in [0.25, 0.3) is 0 Å². The molecule has 0 unspecified atom stereocenters. The van der Waals surface area contributed by atoms with E-state index in [4.69, 9.17) is 4.74 Å². The number of methoxy groups -OCH3 is 1.